The number of rotatable bonds is 4. The minimum atomic E-state index is -0.717. The number of ether oxygens (including phenoxy) is 1. The Morgan fingerprint density at radius 1 is 1.17 bits per heavy atom. The monoisotopic (exact) mass is 411 g/mol. The topological polar surface area (TPSA) is 65.0 Å². The Balaban J connectivity index is 1.19. The second-order valence-corrected chi connectivity index (χ2v) is 8.27. The second kappa shape index (κ2) is 7.89. The average Bonchev–Trinajstić information content (AvgIpc) is 3.20. The van der Waals surface area contributed by atoms with Crippen molar-refractivity contribution in [2.45, 2.75) is 25.4 Å². The highest BCUT2D eigenvalue weighted by molar-refractivity contribution is 5.94. The number of nitrogens with zero attached hydrogens (tertiary/aromatic N) is 2. The molecule has 0 saturated carbocycles. The van der Waals surface area contributed by atoms with Crippen LogP contribution in [0.15, 0.2) is 30.3 Å². The lowest BCUT2D eigenvalue weighted by atomic mass is 9.97. The van der Waals surface area contributed by atoms with Crippen molar-refractivity contribution in [3.8, 4) is 5.75 Å². The van der Waals surface area contributed by atoms with Crippen molar-refractivity contribution in [1.82, 2.24) is 4.90 Å². The molecule has 3 heterocycles. The smallest absolute Gasteiger partial charge is 0.227 e. The van der Waals surface area contributed by atoms with E-state index in [0.717, 1.165) is 73.6 Å². The normalized spacial score (nSPS) is 21.1. The molecule has 1 unspecified atom stereocenters. The number of benzene rings is 2. The van der Waals surface area contributed by atoms with Crippen LogP contribution in [-0.2, 0) is 17.6 Å². The largest absolute Gasteiger partial charge is 0.493 e. The van der Waals surface area contributed by atoms with Crippen LogP contribution in [-0.4, -0.2) is 55.2 Å². The molecular weight excluding hydrogens is 385 g/mol. The molecule has 1 amide bonds. The Bertz CT molecular complexity index is 972. The molecule has 3 aliphatic heterocycles. The third-order valence-corrected chi connectivity index (χ3v) is 6.32. The number of fused-ring (bicyclic) bond motifs is 2. The van der Waals surface area contributed by atoms with E-state index in [2.05, 4.69) is 15.1 Å². The molecule has 7 heteroatoms. The summed E-state index contributed by atoms with van der Waals surface area (Å²) < 4.78 is 19.5. The summed E-state index contributed by atoms with van der Waals surface area (Å²) in [4.78, 5) is 16.4. The molecule has 158 valence electrons. The Hall–Kier alpha value is -2.64. The van der Waals surface area contributed by atoms with Crippen LogP contribution < -0.4 is 15.0 Å². The zero-order chi connectivity index (χ0) is 20.7. The number of aliphatic hydroxyl groups is 1. The second-order valence-electron chi connectivity index (χ2n) is 8.27. The standard InChI is InChI=1S/C23H26FN3O3/c24-16-12-20(18-4-10-30-22(18)13-16)27-8-6-26(7-9-27)5-3-15-1-2-17-19(11-15)25-23(29)14-21(17)28/h1-2,11-13,21,28H,3-10,14H2,(H,25,29). The van der Waals surface area contributed by atoms with Gasteiger partial charge >= 0.3 is 0 Å². The number of halogens is 1. The van der Waals surface area contributed by atoms with Crippen LogP contribution in [0.25, 0.3) is 0 Å². The van der Waals surface area contributed by atoms with E-state index in [1.165, 1.54) is 6.07 Å². The molecule has 1 fully saturated rings. The fourth-order valence-electron chi connectivity index (χ4n) is 4.67. The summed E-state index contributed by atoms with van der Waals surface area (Å²) in [5.41, 5.74) is 4.77. The van der Waals surface area contributed by atoms with E-state index in [0.29, 0.717) is 12.4 Å². The lowest BCUT2D eigenvalue weighted by Gasteiger charge is -2.37. The number of carbonyl (C=O) groups is 1. The van der Waals surface area contributed by atoms with Gasteiger partial charge in [0.1, 0.15) is 11.6 Å². The van der Waals surface area contributed by atoms with Crippen molar-refractivity contribution < 1.29 is 19.0 Å². The highest BCUT2D eigenvalue weighted by atomic mass is 19.1. The van der Waals surface area contributed by atoms with Crippen LogP contribution in [0.5, 0.6) is 5.75 Å². The number of piperazine rings is 1. The summed E-state index contributed by atoms with van der Waals surface area (Å²) in [5, 5.41) is 12.9. The molecule has 1 atom stereocenters. The minimum Gasteiger partial charge on any atom is -0.493 e. The average molecular weight is 411 g/mol. The molecular formula is C23H26FN3O3. The van der Waals surface area contributed by atoms with E-state index < -0.39 is 6.10 Å². The number of anilines is 2. The number of nitrogens with one attached hydrogen (secondary N) is 1. The molecule has 30 heavy (non-hydrogen) atoms. The number of aliphatic hydroxyl groups excluding tert-OH is 1. The summed E-state index contributed by atoms with van der Waals surface area (Å²) >= 11 is 0. The molecule has 5 rings (SSSR count). The molecule has 0 bridgehead atoms. The van der Waals surface area contributed by atoms with E-state index in [-0.39, 0.29) is 18.1 Å². The van der Waals surface area contributed by atoms with Gasteiger partial charge in [-0.25, -0.2) is 4.39 Å². The van der Waals surface area contributed by atoms with Gasteiger partial charge < -0.3 is 20.1 Å². The fraction of sp³-hybridized carbons (Fsp3) is 0.435. The van der Waals surface area contributed by atoms with Gasteiger partial charge in [-0.15, -0.1) is 0 Å². The van der Waals surface area contributed by atoms with Gasteiger partial charge in [0, 0.05) is 67.7 Å². The first-order valence-corrected chi connectivity index (χ1v) is 10.6. The van der Waals surface area contributed by atoms with Crippen molar-refractivity contribution in [2.24, 2.45) is 0 Å². The summed E-state index contributed by atoms with van der Waals surface area (Å²) in [6, 6.07) is 9.05. The summed E-state index contributed by atoms with van der Waals surface area (Å²) in [6.45, 7) is 5.13. The summed E-state index contributed by atoms with van der Waals surface area (Å²) in [7, 11) is 0. The van der Waals surface area contributed by atoms with Gasteiger partial charge in [-0.05, 0) is 24.1 Å². The zero-order valence-electron chi connectivity index (χ0n) is 16.9. The summed E-state index contributed by atoms with van der Waals surface area (Å²) in [5.74, 6) is 0.312. The molecule has 0 aliphatic carbocycles. The fourth-order valence-corrected chi connectivity index (χ4v) is 4.67. The van der Waals surface area contributed by atoms with Crippen molar-refractivity contribution in [1.29, 1.82) is 0 Å². The van der Waals surface area contributed by atoms with E-state index in [1.807, 2.05) is 18.2 Å². The van der Waals surface area contributed by atoms with Crippen LogP contribution in [0.2, 0.25) is 0 Å². The number of hydrogen-bond donors (Lipinski definition) is 2. The van der Waals surface area contributed by atoms with E-state index in [4.69, 9.17) is 4.74 Å². The predicted molar refractivity (Wildman–Crippen MR) is 113 cm³/mol. The lowest BCUT2D eigenvalue weighted by Crippen LogP contribution is -2.47. The van der Waals surface area contributed by atoms with Gasteiger partial charge in [0.15, 0.2) is 0 Å². The van der Waals surface area contributed by atoms with Gasteiger partial charge in [0.25, 0.3) is 0 Å². The van der Waals surface area contributed by atoms with Crippen LogP contribution in [0.1, 0.15) is 29.2 Å². The molecule has 0 spiro atoms. The van der Waals surface area contributed by atoms with Gasteiger partial charge in [-0.3, -0.25) is 9.69 Å². The first kappa shape index (κ1) is 19.3. The molecule has 2 aromatic rings. The predicted octanol–water partition coefficient (Wildman–Crippen LogP) is 2.50. The minimum absolute atomic E-state index is 0.122. The van der Waals surface area contributed by atoms with Crippen molar-refractivity contribution in [2.75, 3.05) is 49.5 Å². The molecule has 0 radical (unpaired) electrons. The number of hydrogen-bond acceptors (Lipinski definition) is 5. The Morgan fingerprint density at radius 3 is 2.83 bits per heavy atom. The van der Waals surface area contributed by atoms with Gasteiger partial charge in [0.2, 0.25) is 5.91 Å². The van der Waals surface area contributed by atoms with E-state index in [1.54, 1.807) is 6.07 Å². The number of amides is 1. The third-order valence-electron chi connectivity index (χ3n) is 6.32. The van der Waals surface area contributed by atoms with Gasteiger partial charge in [-0.2, -0.15) is 0 Å². The molecule has 2 aromatic carbocycles. The van der Waals surface area contributed by atoms with Crippen molar-refractivity contribution >= 4 is 17.3 Å². The van der Waals surface area contributed by atoms with Gasteiger partial charge in [-0.1, -0.05) is 12.1 Å². The van der Waals surface area contributed by atoms with Crippen LogP contribution in [0.4, 0.5) is 15.8 Å². The van der Waals surface area contributed by atoms with Crippen LogP contribution in [0.3, 0.4) is 0 Å². The van der Waals surface area contributed by atoms with Crippen LogP contribution >= 0.6 is 0 Å². The van der Waals surface area contributed by atoms with E-state index in [9.17, 15) is 14.3 Å². The lowest BCUT2D eigenvalue weighted by molar-refractivity contribution is -0.118. The maximum atomic E-state index is 14.0. The van der Waals surface area contributed by atoms with Crippen molar-refractivity contribution in [3.63, 3.8) is 0 Å². The molecule has 1 saturated heterocycles. The molecule has 3 aliphatic rings. The highest BCUT2D eigenvalue weighted by Crippen LogP contribution is 2.36. The van der Waals surface area contributed by atoms with E-state index >= 15 is 0 Å². The first-order chi connectivity index (χ1) is 14.6. The van der Waals surface area contributed by atoms with Crippen molar-refractivity contribution in [3.05, 3.63) is 52.8 Å². The molecule has 2 N–H and O–H groups in total. The Kier molecular flexibility index (Phi) is 5.08. The first-order valence-electron chi connectivity index (χ1n) is 10.6. The Labute approximate surface area is 175 Å². The number of carbonyl (C=O) groups excluding carboxylic acids is 1. The maximum absolute atomic E-state index is 14.0. The highest BCUT2D eigenvalue weighted by Gasteiger charge is 2.25. The quantitative estimate of drug-likeness (QED) is 0.810. The molecule has 6 nitrogen and oxygen atoms in total. The Morgan fingerprint density at radius 2 is 2.00 bits per heavy atom. The summed E-state index contributed by atoms with van der Waals surface area (Å²) in [6.07, 6.45) is 1.12. The van der Waals surface area contributed by atoms with Gasteiger partial charge in [0.05, 0.1) is 19.1 Å². The maximum Gasteiger partial charge on any atom is 0.227 e. The zero-order valence-corrected chi connectivity index (χ0v) is 16.9. The van der Waals surface area contributed by atoms with Crippen LogP contribution in [0, 0.1) is 5.82 Å². The third kappa shape index (κ3) is 3.75. The SMILES string of the molecule is O=C1CC(O)c2ccc(CCN3CCN(c4cc(F)cc5c4CCO5)CC3)cc2N1. The molecule has 0 aromatic heterocycles.